The van der Waals surface area contributed by atoms with Crippen LogP contribution in [0.25, 0.3) is 61.0 Å². The molecule has 41 heavy (non-hydrogen) atoms. The summed E-state index contributed by atoms with van der Waals surface area (Å²) in [6.07, 6.45) is 0. The van der Waals surface area contributed by atoms with Gasteiger partial charge in [0.05, 0.1) is 18.0 Å². The molecule has 0 saturated heterocycles. The summed E-state index contributed by atoms with van der Waals surface area (Å²) in [6, 6.07) is 43.8. The molecule has 1 aliphatic rings. The van der Waals surface area contributed by atoms with Crippen LogP contribution < -0.4 is 0 Å². The molecule has 0 radical (unpaired) electrons. The van der Waals surface area contributed by atoms with Crippen molar-refractivity contribution < 1.29 is 0 Å². The van der Waals surface area contributed by atoms with E-state index < -0.39 is 0 Å². The molecule has 194 valence electrons. The number of rotatable bonds is 4. The van der Waals surface area contributed by atoms with E-state index >= 15 is 0 Å². The Hall–Kier alpha value is -5.33. The maximum Gasteiger partial charge on any atom is 0.187 e. The summed E-state index contributed by atoms with van der Waals surface area (Å²) in [5, 5.41) is 0. The molecule has 3 heteroatoms. The number of hydrogen-bond donors (Lipinski definition) is 0. The van der Waals surface area contributed by atoms with Crippen LogP contribution in [0.5, 0.6) is 0 Å². The van der Waals surface area contributed by atoms with Crippen LogP contribution in [-0.4, -0.2) is 9.97 Å². The van der Waals surface area contributed by atoms with Gasteiger partial charge in [0.15, 0.2) is 11.5 Å². The molecule has 0 saturated carbocycles. The quantitative estimate of drug-likeness (QED) is 0.214. The lowest BCUT2D eigenvalue weighted by Crippen LogP contribution is -2.14. The molecule has 7 rings (SSSR count). The Labute approximate surface area is 240 Å². The van der Waals surface area contributed by atoms with Gasteiger partial charge in [-0.1, -0.05) is 129 Å². The molecule has 0 amide bonds. The highest BCUT2D eigenvalue weighted by molar-refractivity contribution is 5.94. The topological polar surface area (TPSA) is 30.1 Å². The van der Waals surface area contributed by atoms with E-state index in [1.807, 2.05) is 42.5 Å². The highest BCUT2D eigenvalue weighted by Gasteiger charge is 2.36. The lowest BCUT2D eigenvalue weighted by Gasteiger charge is -2.22. The lowest BCUT2D eigenvalue weighted by atomic mass is 9.82. The van der Waals surface area contributed by atoms with Gasteiger partial charge in [-0.2, -0.15) is 0 Å². The second kappa shape index (κ2) is 9.70. The summed E-state index contributed by atoms with van der Waals surface area (Å²) in [5.74, 6) is 0.708. The van der Waals surface area contributed by atoms with Crippen LogP contribution in [0.3, 0.4) is 0 Å². The molecule has 5 aromatic carbocycles. The molecular weight excluding hydrogens is 498 g/mol. The Morgan fingerprint density at radius 1 is 0.537 bits per heavy atom. The lowest BCUT2D eigenvalue weighted by molar-refractivity contribution is 0.661. The second-order valence-corrected chi connectivity index (χ2v) is 11.0. The molecule has 0 N–H and O–H groups in total. The Morgan fingerprint density at radius 2 is 1.17 bits per heavy atom. The highest BCUT2D eigenvalue weighted by Crippen LogP contribution is 2.53. The summed E-state index contributed by atoms with van der Waals surface area (Å²) in [7, 11) is 0. The minimum absolute atomic E-state index is 0.180. The van der Waals surface area contributed by atoms with E-state index in [1.165, 1.54) is 27.8 Å². The number of hydrogen-bond acceptors (Lipinski definition) is 2. The molecular formula is C38H27N3. The smallest absolute Gasteiger partial charge is 0.187 e. The number of aromatic nitrogens is 2. The fourth-order valence-corrected chi connectivity index (χ4v) is 6.00. The zero-order valence-electron chi connectivity index (χ0n) is 23.0. The first-order valence-electron chi connectivity index (χ1n) is 13.8. The van der Waals surface area contributed by atoms with Gasteiger partial charge in [0.2, 0.25) is 0 Å². The molecule has 0 bridgehead atoms. The number of nitrogens with zero attached hydrogens (tertiary/aromatic N) is 3. The highest BCUT2D eigenvalue weighted by atomic mass is 14.9. The average Bonchev–Trinajstić information content (AvgIpc) is 3.27. The Balaban J connectivity index is 1.39. The standard InChI is InChI=1S/C38H27N3/c1-38(2)32-19-11-18-30(36(32)31-21-20-29(39-3)23-33(31)38)27-16-10-17-28(22-27)35-24-34(25-12-6-4-7-13-25)40-37(41-35)26-14-8-5-9-15-26/h4-24H,1-2H3. The van der Waals surface area contributed by atoms with E-state index in [0.717, 1.165) is 33.6 Å². The summed E-state index contributed by atoms with van der Waals surface area (Å²) >= 11 is 0. The summed E-state index contributed by atoms with van der Waals surface area (Å²) in [5.41, 5.74) is 12.6. The molecule has 3 nitrogen and oxygen atoms in total. The van der Waals surface area contributed by atoms with E-state index in [2.05, 4.69) is 104 Å². The van der Waals surface area contributed by atoms with E-state index in [9.17, 15) is 0 Å². The van der Waals surface area contributed by atoms with Crippen LogP contribution in [0.15, 0.2) is 127 Å². The zero-order chi connectivity index (χ0) is 28.0. The maximum atomic E-state index is 7.53. The van der Waals surface area contributed by atoms with Crippen molar-refractivity contribution >= 4 is 5.69 Å². The third kappa shape index (κ3) is 4.22. The van der Waals surface area contributed by atoms with E-state index in [4.69, 9.17) is 16.5 Å². The van der Waals surface area contributed by atoms with Gasteiger partial charge in [-0.05, 0) is 45.5 Å². The van der Waals surface area contributed by atoms with Crippen molar-refractivity contribution in [3.63, 3.8) is 0 Å². The number of fused-ring (bicyclic) bond motifs is 3. The first-order chi connectivity index (χ1) is 20.0. The SMILES string of the molecule is [C-]#[N+]c1ccc2c(c1)C(C)(C)c1cccc(-c3cccc(-c4cc(-c5ccccc5)nc(-c5ccccc5)n4)c3)c1-2. The van der Waals surface area contributed by atoms with Crippen molar-refractivity contribution in [1.29, 1.82) is 0 Å². The Kier molecular flexibility index (Phi) is 5.84. The van der Waals surface area contributed by atoms with Crippen molar-refractivity contribution in [2.45, 2.75) is 19.3 Å². The van der Waals surface area contributed by atoms with Gasteiger partial charge in [-0.15, -0.1) is 0 Å². The fourth-order valence-electron chi connectivity index (χ4n) is 6.00. The van der Waals surface area contributed by atoms with Crippen molar-refractivity contribution in [3.8, 4) is 56.2 Å². The third-order valence-corrected chi connectivity index (χ3v) is 8.11. The fraction of sp³-hybridized carbons (Fsp3) is 0.0789. The third-order valence-electron chi connectivity index (χ3n) is 8.11. The van der Waals surface area contributed by atoms with Gasteiger partial charge in [0, 0.05) is 22.1 Å². The molecule has 1 aliphatic carbocycles. The van der Waals surface area contributed by atoms with E-state index in [1.54, 1.807) is 0 Å². The summed E-state index contributed by atoms with van der Waals surface area (Å²) < 4.78 is 0. The van der Waals surface area contributed by atoms with Gasteiger partial charge < -0.3 is 0 Å². The first-order valence-corrected chi connectivity index (χ1v) is 13.8. The number of benzene rings is 5. The van der Waals surface area contributed by atoms with Gasteiger partial charge in [0.1, 0.15) is 0 Å². The Morgan fingerprint density at radius 3 is 1.90 bits per heavy atom. The van der Waals surface area contributed by atoms with Crippen molar-refractivity contribution in [2.75, 3.05) is 0 Å². The van der Waals surface area contributed by atoms with Crippen LogP contribution in [0, 0.1) is 6.57 Å². The van der Waals surface area contributed by atoms with Gasteiger partial charge in [0.25, 0.3) is 0 Å². The van der Waals surface area contributed by atoms with E-state index in [-0.39, 0.29) is 5.41 Å². The zero-order valence-corrected chi connectivity index (χ0v) is 23.0. The molecule has 1 aromatic heterocycles. The summed E-state index contributed by atoms with van der Waals surface area (Å²) in [6.45, 7) is 12.0. The molecule has 0 atom stereocenters. The monoisotopic (exact) mass is 525 g/mol. The van der Waals surface area contributed by atoms with Crippen LogP contribution in [0.1, 0.15) is 25.0 Å². The molecule has 0 aliphatic heterocycles. The minimum atomic E-state index is -0.180. The van der Waals surface area contributed by atoms with Gasteiger partial charge >= 0.3 is 0 Å². The Bertz CT molecular complexity index is 1910. The molecule has 6 aromatic rings. The molecule has 1 heterocycles. The molecule has 0 fully saturated rings. The predicted molar refractivity (Wildman–Crippen MR) is 168 cm³/mol. The van der Waals surface area contributed by atoms with Gasteiger partial charge in [-0.25, -0.2) is 14.8 Å². The van der Waals surface area contributed by atoms with Gasteiger partial charge in [-0.3, -0.25) is 0 Å². The van der Waals surface area contributed by atoms with Crippen LogP contribution in [0.4, 0.5) is 5.69 Å². The summed E-state index contributed by atoms with van der Waals surface area (Å²) in [4.78, 5) is 13.7. The first kappa shape index (κ1) is 24.7. The second-order valence-electron chi connectivity index (χ2n) is 11.0. The minimum Gasteiger partial charge on any atom is -0.238 e. The van der Waals surface area contributed by atoms with E-state index in [0.29, 0.717) is 11.5 Å². The van der Waals surface area contributed by atoms with Crippen molar-refractivity contribution in [2.24, 2.45) is 0 Å². The van der Waals surface area contributed by atoms with Crippen LogP contribution in [0.2, 0.25) is 0 Å². The van der Waals surface area contributed by atoms with Crippen molar-refractivity contribution in [3.05, 3.63) is 150 Å². The van der Waals surface area contributed by atoms with Crippen molar-refractivity contribution in [1.82, 2.24) is 9.97 Å². The van der Waals surface area contributed by atoms with Crippen LogP contribution in [-0.2, 0) is 5.41 Å². The average molecular weight is 526 g/mol. The maximum absolute atomic E-state index is 7.53. The molecule has 0 unspecified atom stereocenters. The largest absolute Gasteiger partial charge is 0.238 e. The van der Waals surface area contributed by atoms with Crippen LogP contribution >= 0.6 is 0 Å². The molecule has 0 spiro atoms. The normalized spacial score (nSPS) is 12.8. The predicted octanol–water partition coefficient (Wildman–Crippen LogP) is 10.0.